The summed E-state index contributed by atoms with van der Waals surface area (Å²) >= 11 is 2.07. The Bertz CT molecular complexity index is 407. The molecule has 0 aliphatic carbocycles. The van der Waals surface area contributed by atoms with Gasteiger partial charge in [0.15, 0.2) is 0 Å². The van der Waals surface area contributed by atoms with E-state index in [4.69, 9.17) is 0 Å². The topological polar surface area (TPSA) is 23.5 Å². The second-order valence-electron chi connectivity index (χ2n) is 6.49. The third kappa shape index (κ3) is 4.51. The molecule has 1 aliphatic rings. The normalized spacial score (nSPS) is 23.0. The van der Waals surface area contributed by atoms with Crippen LogP contribution in [0.4, 0.5) is 0 Å². The SMILES string of the molecule is CC(CN1CCSC(C)(C)CC1)C(O)c1ccccc1. The van der Waals surface area contributed by atoms with Crippen molar-refractivity contribution in [2.45, 2.75) is 38.0 Å². The van der Waals surface area contributed by atoms with Crippen LogP contribution in [0, 0.1) is 5.92 Å². The highest BCUT2D eigenvalue weighted by molar-refractivity contribution is 8.00. The van der Waals surface area contributed by atoms with Crippen molar-refractivity contribution in [3.8, 4) is 0 Å². The van der Waals surface area contributed by atoms with Gasteiger partial charge in [0.2, 0.25) is 0 Å². The Labute approximate surface area is 127 Å². The summed E-state index contributed by atoms with van der Waals surface area (Å²) in [5.41, 5.74) is 1.03. The van der Waals surface area contributed by atoms with E-state index >= 15 is 0 Å². The van der Waals surface area contributed by atoms with Gasteiger partial charge in [0.1, 0.15) is 0 Å². The number of benzene rings is 1. The Morgan fingerprint density at radius 2 is 1.95 bits per heavy atom. The number of hydrogen-bond donors (Lipinski definition) is 1. The number of nitrogens with zero attached hydrogens (tertiary/aromatic N) is 1. The zero-order chi connectivity index (χ0) is 14.6. The summed E-state index contributed by atoms with van der Waals surface area (Å²) in [5, 5.41) is 10.5. The first-order valence-electron chi connectivity index (χ1n) is 7.57. The third-order valence-electron chi connectivity index (χ3n) is 4.16. The summed E-state index contributed by atoms with van der Waals surface area (Å²) < 4.78 is 0.399. The molecule has 2 atom stereocenters. The zero-order valence-electron chi connectivity index (χ0n) is 12.9. The molecule has 0 spiro atoms. The minimum Gasteiger partial charge on any atom is -0.388 e. The van der Waals surface area contributed by atoms with Crippen LogP contribution < -0.4 is 0 Å². The molecule has 0 saturated carbocycles. The average molecular weight is 293 g/mol. The Morgan fingerprint density at radius 3 is 2.65 bits per heavy atom. The van der Waals surface area contributed by atoms with Crippen molar-refractivity contribution >= 4 is 11.8 Å². The molecule has 1 aliphatic heterocycles. The molecule has 2 unspecified atom stereocenters. The largest absolute Gasteiger partial charge is 0.388 e. The molecule has 1 fully saturated rings. The fraction of sp³-hybridized carbons (Fsp3) is 0.647. The van der Waals surface area contributed by atoms with Crippen LogP contribution in [0.3, 0.4) is 0 Å². The van der Waals surface area contributed by atoms with Crippen LogP contribution in [0.25, 0.3) is 0 Å². The maximum atomic E-state index is 10.5. The van der Waals surface area contributed by atoms with E-state index in [1.807, 2.05) is 30.3 Å². The molecule has 0 aromatic heterocycles. The molecule has 0 bridgehead atoms. The van der Waals surface area contributed by atoms with Crippen molar-refractivity contribution in [1.29, 1.82) is 0 Å². The molecule has 1 heterocycles. The minimum atomic E-state index is -0.361. The van der Waals surface area contributed by atoms with Gasteiger partial charge in [0.25, 0.3) is 0 Å². The summed E-state index contributed by atoms with van der Waals surface area (Å²) in [6, 6.07) is 10.0. The van der Waals surface area contributed by atoms with Crippen LogP contribution in [-0.2, 0) is 0 Å². The van der Waals surface area contributed by atoms with Crippen LogP contribution in [-0.4, -0.2) is 40.1 Å². The van der Waals surface area contributed by atoms with Gasteiger partial charge in [-0.15, -0.1) is 0 Å². The quantitative estimate of drug-likeness (QED) is 0.918. The highest BCUT2D eigenvalue weighted by atomic mass is 32.2. The molecule has 20 heavy (non-hydrogen) atoms. The standard InChI is InChI=1S/C17H27NOS/c1-14(16(19)15-7-5-4-6-8-15)13-18-10-9-17(2,3)20-12-11-18/h4-8,14,16,19H,9-13H2,1-3H3. The van der Waals surface area contributed by atoms with Crippen LogP contribution in [0.1, 0.15) is 38.9 Å². The summed E-state index contributed by atoms with van der Waals surface area (Å²) in [4.78, 5) is 2.51. The third-order valence-corrected chi connectivity index (χ3v) is 5.53. The van der Waals surface area contributed by atoms with E-state index in [2.05, 4.69) is 37.4 Å². The van der Waals surface area contributed by atoms with Crippen LogP contribution in [0.2, 0.25) is 0 Å². The fourth-order valence-corrected chi connectivity index (χ4v) is 3.87. The molecular weight excluding hydrogens is 266 g/mol. The number of aliphatic hydroxyl groups is 1. The van der Waals surface area contributed by atoms with Crippen molar-refractivity contribution in [2.75, 3.05) is 25.4 Å². The molecule has 3 heteroatoms. The lowest BCUT2D eigenvalue weighted by molar-refractivity contribution is 0.0895. The van der Waals surface area contributed by atoms with E-state index < -0.39 is 0 Å². The maximum absolute atomic E-state index is 10.5. The fourth-order valence-electron chi connectivity index (χ4n) is 2.73. The zero-order valence-corrected chi connectivity index (χ0v) is 13.7. The smallest absolute Gasteiger partial charge is 0.0827 e. The molecule has 0 amide bonds. The van der Waals surface area contributed by atoms with Gasteiger partial charge in [-0.25, -0.2) is 0 Å². The highest BCUT2D eigenvalue weighted by Crippen LogP contribution is 2.31. The van der Waals surface area contributed by atoms with E-state index in [1.165, 1.54) is 12.2 Å². The van der Waals surface area contributed by atoms with Gasteiger partial charge in [-0.1, -0.05) is 51.1 Å². The van der Waals surface area contributed by atoms with E-state index in [1.54, 1.807) is 0 Å². The van der Waals surface area contributed by atoms with Crippen molar-refractivity contribution in [3.63, 3.8) is 0 Å². The maximum Gasteiger partial charge on any atom is 0.0827 e. The lowest BCUT2D eigenvalue weighted by Gasteiger charge is -2.27. The van der Waals surface area contributed by atoms with Gasteiger partial charge in [0, 0.05) is 23.6 Å². The Morgan fingerprint density at radius 1 is 1.25 bits per heavy atom. The molecule has 1 aromatic carbocycles. The molecule has 1 N–H and O–H groups in total. The van der Waals surface area contributed by atoms with Gasteiger partial charge in [-0.2, -0.15) is 11.8 Å². The second kappa shape index (κ2) is 6.97. The van der Waals surface area contributed by atoms with Crippen molar-refractivity contribution in [3.05, 3.63) is 35.9 Å². The average Bonchev–Trinajstić information content (AvgIpc) is 2.60. The van der Waals surface area contributed by atoms with Crippen LogP contribution in [0.15, 0.2) is 30.3 Å². The molecule has 1 aromatic rings. The summed E-state index contributed by atoms with van der Waals surface area (Å²) in [5.74, 6) is 1.46. The van der Waals surface area contributed by atoms with Gasteiger partial charge >= 0.3 is 0 Å². The number of thioether (sulfide) groups is 1. The van der Waals surface area contributed by atoms with Gasteiger partial charge in [-0.05, 0) is 24.4 Å². The second-order valence-corrected chi connectivity index (χ2v) is 8.29. The molecule has 112 valence electrons. The van der Waals surface area contributed by atoms with E-state index in [0.717, 1.165) is 25.2 Å². The minimum absolute atomic E-state index is 0.267. The van der Waals surface area contributed by atoms with Crippen molar-refractivity contribution in [2.24, 2.45) is 5.92 Å². The highest BCUT2D eigenvalue weighted by Gasteiger charge is 2.25. The van der Waals surface area contributed by atoms with E-state index in [0.29, 0.717) is 4.75 Å². The van der Waals surface area contributed by atoms with Gasteiger partial charge < -0.3 is 10.0 Å². The first kappa shape index (κ1) is 15.9. The summed E-state index contributed by atoms with van der Waals surface area (Å²) in [6.07, 6.45) is 0.867. The van der Waals surface area contributed by atoms with E-state index in [-0.39, 0.29) is 12.0 Å². The summed E-state index contributed by atoms with van der Waals surface area (Å²) in [6.45, 7) is 10.1. The monoisotopic (exact) mass is 293 g/mol. The summed E-state index contributed by atoms with van der Waals surface area (Å²) in [7, 11) is 0. The predicted molar refractivity (Wildman–Crippen MR) is 88.2 cm³/mol. The Balaban J connectivity index is 1.89. The number of aliphatic hydroxyl groups excluding tert-OH is 1. The number of hydrogen-bond acceptors (Lipinski definition) is 3. The number of rotatable bonds is 4. The first-order chi connectivity index (χ1) is 9.48. The Hall–Kier alpha value is -0.510. The first-order valence-corrected chi connectivity index (χ1v) is 8.56. The molecule has 1 saturated heterocycles. The molecule has 2 rings (SSSR count). The molecule has 0 radical (unpaired) electrons. The predicted octanol–water partition coefficient (Wildman–Crippen LogP) is 3.57. The lowest BCUT2D eigenvalue weighted by Crippen LogP contribution is -2.33. The van der Waals surface area contributed by atoms with Crippen LogP contribution in [0.5, 0.6) is 0 Å². The van der Waals surface area contributed by atoms with Crippen molar-refractivity contribution < 1.29 is 5.11 Å². The molecule has 2 nitrogen and oxygen atoms in total. The van der Waals surface area contributed by atoms with Gasteiger partial charge in [0.05, 0.1) is 6.10 Å². The van der Waals surface area contributed by atoms with Crippen molar-refractivity contribution in [1.82, 2.24) is 4.90 Å². The lowest BCUT2D eigenvalue weighted by atomic mass is 9.96. The van der Waals surface area contributed by atoms with Crippen LogP contribution >= 0.6 is 11.8 Å². The molecular formula is C17H27NOS. The van der Waals surface area contributed by atoms with Gasteiger partial charge in [-0.3, -0.25) is 0 Å². The Kier molecular flexibility index (Phi) is 5.53. The van der Waals surface area contributed by atoms with E-state index in [9.17, 15) is 5.11 Å².